The highest BCUT2D eigenvalue weighted by molar-refractivity contribution is 5.83. The highest BCUT2D eigenvalue weighted by Crippen LogP contribution is 2.44. The van der Waals surface area contributed by atoms with Crippen LogP contribution in [0.3, 0.4) is 0 Å². The fraction of sp³-hybridized carbons (Fsp3) is 0.583. The molecule has 0 bridgehead atoms. The number of allylic oxidation sites excluding steroid dienone is 1. The van der Waals surface area contributed by atoms with Gasteiger partial charge in [-0.05, 0) is 18.1 Å². The number of esters is 1. The van der Waals surface area contributed by atoms with E-state index in [-0.39, 0.29) is 5.97 Å². The van der Waals surface area contributed by atoms with Crippen LogP contribution in [-0.4, -0.2) is 32.7 Å². The van der Waals surface area contributed by atoms with Crippen molar-refractivity contribution in [3.63, 3.8) is 0 Å². The molecule has 1 saturated heterocycles. The molecule has 0 aromatic carbocycles. The van der Waals surface area contributed by atoms with Gasteiger partial charge in [-0.25, -0.2) is 5.43 Å². The van der Waals surface area contributed by atoms with Gasteiger partial charge in [-0.1, -0.05) is 6.08 Å². The van der Waals surface area contributed by atoms with E-state index in [2.05, 4.69) is 28.3 Å². The van der Waals surface area contributed by atoms with E-state index in [0.717, 1.165) is 25.1 Å². The second-order valence-corrected chi connectivity index (χ2v) is 4.87. The predicted octanol–water partition coefficient (Wildman–Crippen LogP) is -0.313. The second-order valence-electron chi connectivity index (χ2n) is 4.87. The molecule has 17 heavy (non-hydrogen) atoms. The van der Waals surface area contributed by atoms with Crippen LogP contribution in [0.2, 0.25) is 0 Å². The van der Waals surface area contributed by atoms with Crippen molar-refractivity contribution in [3.8, 4) is 0 Å². The summed E-state index contributed by atoms with van der Waals surface area (Å²) in [6.07, 6.45) is 5.00. The van der Waals surface area contributed by atoms with Crippen molar-refractivity contribution in [2.24, 2.45) is 11.3 Å². The average molecular weight is 235 g/mol. The number of hydrogen-bond donors (Lipinski definition) is 3. The van der Waals surface area contributed by atoms with E-state index in [1.165, 1.54) is 12.8 Å². The molecule has 2 unspecified atom stereocenters. The van der Waals surface area contributed by atoms with Gasteiger partial charge in [-0.3, -0.25) is 4.79 Å². The van der Waals surface area contributed by atoms with Crippen molar-refractivity contribution < 1.29 is 9.53 Å². The summed E-state index contributed by atoms with van der Waals surface area (Å²) in [7, 11) is 1.47. The van der Waals surface area contributed by atoms with E-state index in [9.17, 15) is 4.79 Å². The number of fused-ring (bicyclic) bond motifs is 2. The molecular formula is C12H17N3O2. The quantitative estimate of drug-likeness (QED) is 0.544. The molecule has 2 atom stereocenters. The Bertz CT molecular complexity index is 416. The molecule has 0 radical (unpaired) electrons. The second kappa shape index (κ2) is 3.85. The topological polar surface area (TPSA) is 62.4 Å². The molecule has 1 aliphatic carbocycles. The molecule has 0 saturated carbocycles. The first-order valence-corrected chi connectivity index (χ1v) is 5.96. The molecule has 3 aliphatic rings. The summed E-state index contributed by atoms with van der Waals surface area (Å²) in [4.78, 5) is 12.1. The van der Waals surface area contributed by atoms with Crippen molar-refractivity contribution in [1.29, 1.82) is 0 Å². The Morgan fingerprint density at radius 2 is 2.47 bits per heavy atom. The number of carbonyl (C=O) groups is 1. The van der Waals surface area contributed by atoms with Gasteiger partial charge in [-0.2, -0.15) is 0 Å². The third-order valence-electron chi connectivity index (χ3n) is 3.95. The summed E-state index contributed by atoms with van der Waals surface area (Å²) >= 11 is 0. The number of nitrogens with one attached hydrogen (secondary N) is 3. The van der Waals surface area contributed by atoms with Gasteiger partial charge in [-0.15, -0.1) is 0 Å². The van der Waals surface area contributed by atoms with Gasteiger partial charge in [0.2, 0.25) is 0 Å². The minimum atomic E-state index is -0.491. The molecule has 0 aromatic heterocycles. The van der Waals surface area contributed by atoms with Crippen molar-refractivity contribution in [3.05, 3.63) is 23.4 Å². The smallest absolute Gasteiger partial charge is 0.317 e. The number of ether oxygens (including phenoxy) is 1. The molecule has 2 aliphatic heterocycles. The molecule has 5 nitrogen and oxygen atoms in total. The Balaban J connectivity index is 2.04. The lowest BCUT2D eigenvalue weighted by Crippen LogP contribution is -2.49. The molecule has 0 aromatic rings. The first kappa shape index (κ1) is 10.8. The molecule has 1 fully saturated rings. The molecule has 0 spiro atoms. The lowest BCUT2D eigenvalue weighted by molar-refractivity contribution is -0.151. The predicted molar refractivity (Wildman–Crippen MR) is 62.7 cm³/mol. The van der Waals surface area contributed by atoms with Gasteiger partial charge in [0.05, 0.1) is 7.11 Å². The number of hydrazine groups is 1. The van der Waals surface area contributed by atoms with Crippen LogP contribution in [0.25, 0.3) is 0 Å². The summed E-state index contributed by atoms with van der Waals surface area (Å²) < 4.78 is 5.01. The maximum Gasteiger partial charge on any atom is 0.317 e. The summed E-state index contributed by atoms with van der Waals surface area (Å²) in [5.74, 6) is 0.254. The zero-order valence-corrected chi connectivity index (χ0v) is 9.88. The minimum absolute atomic E-state index is 0.127. The monoisotopic (exact) mass is 235 g/mol. The summed E-state index contributed by atoms with van der Waals surface area (Å²) in [5.41, 5.74) is 8.08. The average Bonchev–Trinajstić information content (AvgIpc) is 2.81. The van der Waals surface area contributed by atoms with E-state index in [1.54, 1.807) is 0 Å². The number of carbonyl (C=O) groups excluding carboxylic acids is 1. The highest BCUT2D eigenvalue weighted by atomic mass is 16.5. The fourth-order valence-electron chi connectivity index (χ4n) is 3.03. The fourth-order valence-corrected chi connectivity index (χ4v) is 3.03. The van der Waals surface area contributed by atoms with Crippen LogP contribution in [0, 0.1) is 11.3 Å². The molecule has 3 rings (SSSR count). The zero-order valence-electron chi connectivity index (χ0n) is 9.88. The van der Waals surface area contributed by atoms with Gasteiger partial charge < -0.3 is 15.5 Å². The highest BCUT2D eigenvalue weighted by Gasteiger charge is 2.49. The largest absolute Gasteiger partial charge is 0.468 e. The van der Waals surface area contributed by atoms with Crippen LogP contribution >= 0.6 is 0 Å². The van der Waals surface area contributed by atoms with Crippen LogP contribution in [0.5, 0.6) is 0 Å². The molecule has 2 heterocycles. The van der Waals surface area contributed by atoms with Crippen LogP contribution in [0.1, 0.15) is 6.42 Å². The Morgan fingerprint density at radius 3 is 3.29 bits per heavy atom. The van der Waals surface area contributed by atoms with Gasteiger partial charge in [0.25, 0.3) is 0 Å². The third-order valence-corrected chi connectivity index (χ3v) is 3.95. The van der Waals surface area contributed by atoms with Crippen molar-refractivity contribution in [2.45, 2.75) is 6.42 Å². The Kier molecular flexibility index (Phi) is 2.45. The van der Waals surface area contributed by atoms with Gasteiger partial charge in [0, 0.05) is 31.2 Å². The Morgan fingerprint density at radius 1 is 1.59 bits per heavy atom. The molecule has 0 amide bonds. The van der Waals surface area contributed by atoms with Gasteiger partial charge in [0.15, 0.2) is 0 Å². The summed E-state index contributed by atoms with van der Waals surface area (Å²) in [6.45, 7) is 2.36. The number of methoxy groups -OCH3 is 1. The zero-order chi connectivity index (χ0) is 11.9. The number of rotatable bonds is 1. The van der Waals surface area contributed by atoms with Crippen LogP contribution < -0.4 is 16.2 Å². The summed E-state index contributed by atoms with van der Waals surface area (Å²) in [5, 5.41) is 3.27. The van der Waals surface area contributed by atoms with E-state index < -0.39 is 5.41 Å². The van der Waals surface area contributed by atoms with E-state index in [0.29, 0.717) is 12.5 Å². The van der Waals surface area contributed by atoms with Gasteiger partial charge >= 0.3 is 5.97 Å². The van der Waals surface area contributed by atoms with Crippen molar-refractivity contribution in [2.75, 3.05) is 26.7 Å². The Hall–Kier alpha value is -1.33. The lowest BCUT2D eigenvalue weighted by Gasteiger charge is -2.40. The van der Waals surface area contributed by atoms with Gasteiger partial charge in [0.1, 0.15) is 5.41 Å². The van der Waals surface area contributed by atoms with Crippen molar-refractivity contribution in [1.82, 2.24) is 16.2 Å². The molecular weight excluding hydrogens is 218 g/mol. The third kappa shape index (κ3) is 1.50. The van der Waals surface area contributed by atoms with E-state index >= 15 is 0 Å². The van der Waals surface area contributed by atoms with E-state index in [4.69, 9.17) is 4.74 Å². The summed E-state index contributed by atoms with van der Waals surface area (Å²) in [6, 6.07) is 0. The Labute approximate surface area is 100 Å². The van der Waals surface area contributed by atoms with Crippen LogP contribution in [0.4, 0.5) is 0 Å². The minimum Gasteiger partial charge on any atom is -0.468 e. The molecule has 92 valence electrons. The van der Waals surface area contributed by atoms with Crippen LogP contribution in [-0.2, 0) is 9.53 Å². The lowest BCUT2D eigenvalue weighted by atomic mass is 9.67. The standard InChI is InChI=1S/C12H17N3O2/c1-17-11(16)12-5-8-6-14-15-10(8)4-9(12)2-3-13-7-12/h2,4,8,13-15H,3,5-7H2,1H3. The SMILES string of the molecule is COC(=O)C12CNCC=C1C=C1NNCC1C2. The normalized spacial score (nSPS) is 35.0. The number of hydrogen-bond acceptors (Lipinski definition) is 5. The first-order chi connectivity index (χ1) is 8.26. The molecule has 5 heteroatoms. The molecule has 3 N–H and O–H groups in total. The first-order valence-electron chi connectivity index (χ1n) is 5.96. The van der Waals surface area contributed by atoms with Crippen LogP contribution in [0.15, 0.2) is 23.4 Å². The van der Waals surface area contributed by atoms with Crippen molar-refractivity contribution >= 4 is 5.97 Å². The van der Waals surface area contributed by atoms with E-state index in [1.807, 2.05) is 0 Å². The maximum atomic E-state index is 12.1. The maximum absolute atomic E-state index is 12.1.